The lowest BCUT2D eigenvalue weighted by Gasteiger charge is -2.30. The summed E-state index contributed by atoms with van der Waals surface area (Å²) in [7, 11) is 0.816. The molecule has 4 heterocycles. The van der Waals surface area contributed by atoms with Gasteiger partial charge in [0, 0.05) is 71.8 Å². The molecule has 0 fully saturated rings. The van der Waals surface area contributed by atoms with E-state index in [0.29, 0.717) is 0 Å². The molecule has 1 aliphatic rings. The van der Waals surface area contributed by atoms with Gasteiger partial charge in [-0.3, -0.25) is 0 Å². The maximum absolute atomic E-state index is 4.10. The van der Waals surface area contributed by atoms with Crippen LogP contribution in [0.1, 0.15) is 5.56 Å². The number of nitrogens with one attached hydrogen (secondary N) is 1. The predicted molar refractivity (Wildman–Crippen MR) is 256 cm³/mol. The molecule has 0 amide bonds. The Balaban J connectivity index is 1.19. The van der Waals surface area contributed by atoms with Gasteiger partial charge in [0.25, 0.3) is 0 Å². The van der Waals surface area contributed by atoms with Crippen molar-refractivity contribution in [1.29, 1.82) is 0 Å². The Morgan fingerprint density at radius 2 is 1.08 bits per heavy atom. The number of hydrogen-bond acceptors (Lipinski definition) is 2. The minimum Gasteiger partial charge on any atom is -0.354 e. The van der Waals surface area contributed by atoms with Crippen LogP contribution in [0.25, 0.3) is 76.7 Å². The number of hydrogen-bond donors (Lipinski definition) is 1. The molecular weight excluding hydrogens is 727 g/mol. The fraction of sp³-hybridized carbons (Fsp3) is 0.0182. The summed E-state index contributed by atoms with van der Waals surface area (Å²) < 4.78 is 5.03. The van der Waals surface area contributed by atoms with E-state index < -0.39 is 0 Å². The van der Waals surface area contributed by atoms with E-state index in [0.717, 1.165) is 35.7 Å². The van der Waals surface area contributed by atoms with Gasteiger partial charge in [0.15, 0.2) is 7.28 Å². The second kappa shape index (κ2) is 12.6. The van der Waals surface area contributed by atoms with Crippen LogP contribution >= 0.6 is 0 Å². The zero-order chi connectivity index (χ0) is 39.5. The first kappa shape index (κ1) is 33.2. The SMILES string of the molecule is Cc1ccccc1Nc1c(-c2cc(N(c3ccccc3)c3ccccc3)cc3c2Bc2cccc4c5ccccc5n-3c24)ccc2c1c1cccc3c4ccccc4n2c31. The van der Waals surface area contributed by atoms with Crippen molar-refractivity contribution in [2.24, 2.45) is 0 Å². The van der Waals surface area contributed by atoms with Gasteiger partial charge in [-0.1, -0.05) is 139 Å². The zero-order valence-corrected chi connectivity index (χ0v) is 33.0. The molecule has 1 aliphatic heterocycles. The van der Waals surface area contributed by atoms with Crippen LogP contribution in [0, 0.1) is 6.92 Å². The Morgan fingerprint density at radius 3 is 1.85 bits per heavy atom. The molecule has 0 aliphatic carbocycles. The largest absolute Gasteiger partial charge is 0.354 e. The topological polar surface area (TPSA) is 24.6 Å². The van der Waals surface area contributed by atoms with Crippen LogP contribution in [-0.4, -0.2) is 16.2 Å². The van der Waals surface area contributed by atoms with Crippen molar-refractivity contribution < 1.29 is 0 Å². The Labute approximate surface area is 347 Å². The lowest BCUT2D eigenvalue weighted by molar-refractivity contribution is 1.18. The van der Waals surface area contributed by atoms with E-state index in [1.807, 2.05) is 0 Å². The van der Waals surface area contributed by atoms with Gasteiger partial charge < -0.3 is 19.2 Å². The predicted octanol–water partition coefficient (Wildman–Crippen LogP) is 12.8. The number of aromatic nitrogens is 2. The molecule has 0 unspecified atom stereocenters. The Morgan fingerprint density at radius 1 is 0.467 bits per heavy atom. The second-order valence-electron chi connectivity index (χ2n) is 16.2. The molecule has 280 valence electrons. The van der Waals surface area contributed by atoms with Crippen molar-refractivity contribution in [3.8, 4) is 16.8 Å². The smallest absolute Gasteiger partial charge is 0.198 e. The third kappa shape index (κ3) is 4.63. The number of para-hydroxylation sites is 7. The summed E-state index contributed by atoms with van der Waals surface area (Å²) in [6.45, 7) is 2.20. The van der Waals surface area contributed by atoms with Gasteiger partial charge in [-0.05, 0) is 84.2 Å². The van der Waals surface area contributed by atoms with E-state index in [4.69, 9.17) is 0 Å². The molecule has 1 N–H and O–H groups in total. The molecule has 5 heteroatoms. The van der Waals surface area contributed by atoms with Gasteiger partial charge in [-0.15, -0.1) is 0 Å². The lowest BCUT2D eigenvalue weighted by atomic mass is 9.59. The molecule has 3 aromatic heterocycles. The third-order valence-corrected chi connectivity index (χ3v) is 13.0. The van der Waals surface area contributed by atoms with Crippen LogP contribution in [0.4, 0.5) is 28.4 Å². The van der Waals surface area contributed by atoms with Crippen molar-refractivity contribution >= 4 is 107 Å². The minimum atomic E-state index is 0.816. The molecule has 0 bridgehead atoms. The van der Waals surface area contributed by atoms with Crippen LogP contribution < -0.4 is 21.1 Å². The molecular formula is C55H37BN4. The summed E-state index contributed by atoms with van der Waals surface area (Å²) in [6.07, 6.45) is 0. The van der Waals surface area contributed by atoms with Crippen LogP contribution in [0.5, 0.6) is 0 Å². The van der Waals surface area contributed by atoms with E-state index in [1.54, 1.807) is 0 Å². The van der Waals surface area contributed by atoms with Gasteiger partial charge in [0.1, 0.15) is 0 Å². The monoisotopic (exact) mass is 764 g/mol. The highest BCUT2D eigenvalue weighted by Crippen LogP contribution is 2.48. The fourth-order valence-electron chi connectivity index (χ4n) is 10.4. The molecule has 0 spiro atoms. The molecule has 9 aromatic carbocycles. The lowest BCUT2D eigenvalue weighted by Crippen LogP contribution is -2.37. The molecule has 13 rings (SSSR count). The highest BCUT2D eigenvalue weighted by Gasteiger charge is 2.30. The molecule has 60 heavy (non-hydrogen) atoms. The number of aryl methyl sites for hydroxylation is 1. The molecule has 0 atom stereocenters. The number of anilines is 5. The normalized spacial score (nSPS) is 12.2. The van der Waals surface area contributed by atoms with E-state index >= 15 is 0 Å². The van der Waals surface area contributed by atoms with Crippen molar-refractivity contribution in [3.63, 3.8) is 0 Å². The third-order valence-electron chi connectivity index (χ3n) is 13.0. The van der Waals surface area contributed by atoms with Crippen LogP contribution in [0.2, 0.25) is 0 Å². The average molecular weight is 765 g/mol. The van der Waals surface area contributed by atoms with Crippen LogP contribution in [-0.2, 0) is 0 Å². The zero-order valence-electron chi connectivity index (χ0n) is 33.0. The standard InChI is InChI=1S/C55H37BN4/c1-34-16-8-11-27-46(34)57-53-40(30-31-49-51(53)43-25-14-23-41-38-21-9-12-28-47(38)59(49)54(41)43)44-32-37(58(35-17-4-2-5-18-35)36-19-6-3-7-20-36)33-50-52(44)56-45-26-15-24-42-39-22-10-13-29-48(39)60(50)55(42)45/h2-33,56-57H,1H3. The Hall–Kier alpha value is -7.76. The van der Waals surface area contributed by atoms with E-state index in [-0.39, 0.29) is 0 Å². The number of rotatable bonds is 6. The summed E-state index contributed by atoms with van der Waals surface area (Å²) in [5.41, 5.74) is 19.2. The molecule has 4 nitrogen and oxygen atoms in total. The first-order valence-corrected chi connectivity index (χ1v) is 20.8. The van der Waals surface area contributed by atoms with Gasteiger partial charge in [0.2, 0.25) is 0 Å². The average Bonchev–Trinajstić information content (AvgIpc) is 3.95. The minimum absolute atomic E-state index is 0.816. The Bertz CT molecular complexity index is 3640. The number of fused-ring (bicyclic) bond motifs is 11. The number of benzene rings is 9. The van der Waals surface area contributed by atoms with Crippen LogP contribution in [0.15, 0.2) is 194 Å². The first-order chi connectivity index (χ1) is 29.7. The van der Waals surface area contributed by atoms with E-state index in [1.165, 1.54) is 93.2 Å². The highest BCUT2D eigenvalue weighted by molar-refractivity contribution is 6.73. The first-order valence-electron chi connectivity index (χ1n) is 20.8. The summed E-state index contributed by atoms with van der Waals surface area (Å²) in [5.74, 6) is 0. The molecule has 12 aromatic rings. The molecule has 0 saturated carbocycles. The summed E-state index contributed by atoms with van der Waals surface area (Å²) in [4.78, 5) is 2.41. The fourth-order valence-corrected chi connectivity index (χ4v) is 10.4. The van der Waals surface area contributed by atoms with Gasteiger partial charge in [-0.2, -0.15) is 0 Å². The number of nitrogens with zero attached hydrogens (tertiary/aromatic N) is 3. The van der Waals surface area contributed by atoms with Gasteiger partial charge in [0.05, 0.1) is 27.8 Å². The molecule has 0 radical (unpaired) electrons. The van der Waals surface area contributed by atoms with Crippen molar-refractivity contribution in [2.75, 3.05) is 10.2 Å². The summed E-state index contributed by atoms with van der Waals surface area (Å²) in [5, 5.41) is 11.7. The van der Waals surface area contributed by atoms with Gasteiger partial charge >= 0.3 is 0 Å². The van der Waals surface area contributed by atoms with Gasteiger partial charge in [-0.25, -0.2) is 0 Å². The Kier molecular flexibility index (Phi) is 6.99. The highest BCUT2D eigenvalue weighted by atomic mass is 15.1. The van der Waals surface area contributed by atoms with Crippen molar-refractivity contribution in [2.45, 2.75) is 6.92 Å². The maximum Gasteiger partial charge on any atom is 0.198 e. The summed E-state index contributed by atoms with van der Waals surface area (Å²) in [6, 6.07) is 71.3. The van der Waals surface area contributed by atoms with Crippen LogP contribution in [0.3, 0.4) is 0 Å². The summed E-state index contributed by atoms with van der Waals surface area (Å²) >= 11 is 0. The van der Waals surface area contributed by atoms with E-state index in [9.17, 15) is 0 Å². The quantitative estimate of drug-likeness (QED) is 0.171. The van der Waals surface area contributed by atoms with Crippen molar-refractivity contribution in [1.82, 2.24) is 8.97 Å². The molecule has 0 saturated heterocycles. The van der Waals surface area contributed by atoms with E-state index in [2.05, 4.69) is 220 Å². The second-order valence-corrected chi connectivity index (χ2v) is 16.2. The maximum atomic E-state index is 4.10. The van der Waals surface area contributed by atoms with Crippen molar-refractivity contribution in [3.05, 3.63) is 200 Å².